The molecule has 1 fully saturated rings. The Kier molecular flexibility index (Phi) is 6.38. The zero-order chi connectivity index (χ0) is 15.2. The summed E-state index contributed by atoms with van der Waals surface area (Å²) in [7, 11) is 0. The monoisotopic (exact) mass is 308 g/mol. The highest BCUT2D eigenvalue weighted by molar-refractivity contribution is 6.33. The molecule has 3 heteroatoms. The molecule has 0 spiro atoms. The van der Waals surface area contributed by atoms with E-state index < -0.39 is 0 Å². The molecule has 1 aromatic rings. The summed E-state index contributed by atoms with van der Waals surface area (Å²) in [5.74, 6) is 1.51. The van der Waals surface area contributed by atoms with Crippen LogP contribution in [0.4, 0.5) is 5.69 Å². The van der Waals surface area contributed by atoms with E-state index in [1.807, 2.05) is 6.07 Å². The molecule has 1 N–H and O–H groups in total. The van der Waals surface area contributed by atoms with Gasteiger partial charge in [-0.1, -0.05) is 50.9 Å². The molecular weight excluding hydrogens is 280 g/mol. The van der Waals surface area contributed by atoms with Crippen LogP contribution in [0.2, 0.25) is 5.02 Å². The van der Waals surface area contributed by atoms with Crippen LogP contribution >= 0.6 is 11.6 Å². The second-order valence-corrected chi connectivity index (χ2v) is 7.07. The largest absolute Gasteiger partial charge is 0.370 e. The Morgan fingerprint density at radius 2 is 2.19 bits per heavy atom. The van der Waals surface area contributed by atoms with E-state index in [4.69, 9.17) is 11.6 Å². The normalized spacial score (nSPS) is 18.7. The summed E-state index contributed by atoms with van der Waals surface area (Å²) in [6.45, 7) is 11.0. The third-order valence-corrected chi connectivity index (χ3v) is 4.54. The van der Waals surface area contributed by atoms with E-state index in [0.29, 0.717) is 5.92 Å². The predicted molar refractivity (Wildman–Crippen MR) is 93.2 cm³/mol. The first kappa shape index (κ1) is 16.6. The fraction of sp³-hybridized carbons (Fsp3) is 0.667. The Balaban J connectivity index is 2.07. The van der Waals surface area contributed by atoms with Gasteiger partial charge in [0, 0.05) is 19.6 Å². The SMILES string of the molecule is CCCC1CCN(c2c(Cl)cccc2CNCC(C)C)C1. The van der Waals surface area contributed by atoms with Crippen molar-refractivity contribution in [1.29, 1.82) is 0 Å². The molecule has 1 saturated heterocycles. The summed E-state index contributed by atoms with van der Waals surface area (Å²) in [4.78, 5) is 2.50. The Hall–Kier alpha value is -0.730. The van der Waals surface area contributed by atoms with E-state index in [9.17, 15) is 0 Å². The number of nitrogens with zero attached hydrogens (tertiary/aromatic N) is 1. The summed E-state index contributed by atoms with van der Waals surface area (Å²) in [6, 6.07) is 6.30. The van der Waals surface area contributed by atoms with Crippen LogP contribution in [-0.2, 0) is 6.54 Å². The summed E-state index contributed by atoms with van der Waals surface area (Å²) >= 11 is 6.51. The molecule has 1 heterocycles. The van der Waals surface area contributed by atoms with Crippen LogP contribution in [-0.4, -0.2) is 19.6 Å². The molecule has 1 unspecified atom stereocenters. The fourth-order valence-corrected chi connectivity index (χ4v) is 3.55. The third-order valence-electron chi connectivity index (χ3n) is 4.24. The molecular formula is C18H29ClN2. The van der Waals surface area contributed by atoms with Crippen molar-refractivity contribution in [1.82, 2.24) is 5.32 Å². The molecule has 0 aromatic heterocycles. The average molecular weight is 309 g/mol. The van der Waals surface area contributed by atoms with Crippen molar-refractivity contribution in [2.45, 2.75) is 46.6 Å². The molecule has 1 aliphatic rings. The molecule has 0 amide bonds. The molecule has 118 valence electrons. The quantitative estimate of drug-likeness (QED) is 0.784. The van der Waals surface area contributed by atoms with E-state index >= 15 is 0 Å². The maximum atomic E-state index is 6.51. The summed E-state index contributed by atoms with van der Waals surface area (Å²) in [5, 5.41) is 4.44. The first-order valence-corrected chi connectivity index (χ1v) is 8.72. The standard InChI is InChI=1S/C18H29ClN2/c1-4-6-15-9-10-21(13-15)18-16(7-5-8-17(18)19)12-20-11-14(2)3/h5,7-8,14-15,20H,4,6,9-13H2,1-3H3. The minimum absolute atomic E-state index is 0.674. The van der Waals surface area contributed by atoms with Gasteiger partial charge in [0.2, 0.25) is 0 Å². The maximum Gasteiger partial charge on any atom is 0.0642 e. The number of nitrogens with one attached hydrogen (secondary N) is 1. The van der Waals surface area contributed by atoms with Gasteiger partial charge in [-0.25, -0.2) is 0 Å². The lowest BCUT2D eigenvalue weighted by molar-refractivity contribution is 0.529. The average Bonchev–Trinajstić information content (AvgIpc) is 2.87. The Labute approximate surface area is 134 Å². The van der Waals surface area contributed by atoms with Crippen LogP contribution in [0.3, 0.4) is 0 Å². The zero-order valence-electron chi connectivity index (χ0n) is 13.7. The number of para-hydroxylation sites is 1. The van der Waals surface area contributed by atoms with Crippen molar-refractivity contribution in [3.63, 3.8) is 0 Å². The Morgan fingerprint density at radius 3 is 2.90 bits per heavy atom. The van der Waals surface area contributed by atoms with Gasteiger partial charge in [-0.15, -0.1) is 0 Å². The highest BCUT2D eigenvalue weighted by Crippen LogP contribution is 2.34. The molecule has 1 atom stereocenters. The number of hydrogen-bond acceptors (Lipinski definition) is 2. The minimum Gasteiger partial charge on any atom is -0.370 e. The first-order chi connectivity index (χ1) is 10.1. The van der Waals surface area contributed by atoms with Crippen molar-refractivity contribution in [2.24, 2.45) is 11.8 Å². The van der Waals surface area contributed by atoms with Gasteiger partial charge >= 0.3 is 0 Å². The summed E-state index contributed by atoms with van der Waals surface area (Å²) in [6.07, 6.45) is 3.92. The molecule has 0 bridgehead atoms. The third kappa shape index (κ3) is 4.62. The van der Waals surface area contributed by atoms with E-state index in [-0.39, 0.29) is 0 Å². The minimum atomic E-state index is 0.674. The van der Waals surface area contributed by atoms with Gasteiger partial charge in [-0.05, 0) is 42.9 Å². The van der Waals surface area contributed by atoms with Crippen LogP contribution in [0.5, 0.6) is 0 Å². The number of rotatable bonds is 7. The number of benzene rings is 1. The predicted octanol–water partition coefficient (Wildman–Crippen LogP) is 4.71. The lowest BCUT2D eigenvalue weighted by Gasteiger charge is -2.24. The van der Waals surface area contributed by atoms with E-state index in [1.165, 1.54) is 30.5 Å². The summed E-state index contributed by atoms with van der Waals surface area (Å²) in [5.41, 5.74) is 2.59. The van der Waals surface area contributed by atoms with Crippen LogP contribution in [0.25, 0.3) is 0 Å². The number of halogens is 1. The van der Waals surface area contributed by atoms with Crippen molar-refractivity contribution < 1.29 is 0 Å². The molecule has 0 aliphatic carbocycles. The van der Waals surface area contributed by atoms with Gasteiger partial charge in [0.15, 0.2) is 0 Å². The maximum absolute atomic E-state index is 6.51. The molecule has 0 saturated carbocycles. The van der Waals surface area contributed by atoms with Gasteiger partial charge in [0.1, 0.15) is 0 Å². The number of anilines is 1. The van der Waals surface area contributed by atoms with Crippen molar-refractivity contribution in [3.8, 4) is 0 Å². The number of hydrogen-bond donors (Lipinski definition) is 1. The van der Waals surface area contributed by atoms with Crippen LogP contribution < -0.4 is 10.2 Å². The molecule has 1 aliphatic heterocycles. The zero-order valence-corrected chi connectivity index (χ0v) is 14.4. The second kappa shape index (κ2) is 8.05. The molecule has 2 nitrogen and oxygen atoms in total. The van der Waals surface area contributed by atoms with E-state index in [0.717, 1.165) is 37.1 Å². The van der Waals surface area contributed by atoms with Gasteiger partial charge in [-0.3, -0.25) is 0 Å². The van der Waals surface area contributed by atoms with Crippen molar-refractivity contribution in [2.75, 3.05) is 24.5 Å². The lowest BCUT2D eigenvalue weighted by Crippen LogP contribution is -2.24. The van der Waals surface area contributed by atoms with E-state index in [1.54, 1.807) is 0 Å². The van der Waals surface area contributed by atoms with Crippen LogP contribution in [0.15, 0.2) is 18.2 Å². The van der Waals surface area contributed by atoms with Crippen LogP contribution in [0, 0.1) is 11.8 Å². The van der Waals surface area contributed by atoms with E-state index in [2.05, 4.69) is 43.1 Å². The van der Waals surface area contributed by atoms with Gasteiger partial charge in [-0.2, -0.15) is 0 Å². The van der Waals surface area contributed by atoms with Gasteiger partial charge in [0.05, 0.1) is 10.7 Å². The Morgan fingerprint density at radius 1 is 1.38 bits per heavy atom. The van der Waals surface area contributed by atoms with Gasteiger partial charge < -0.3 is 10.2 Å². The summed E-state index contributed by atoms with van der Waals surface area (Å²) < 4.78 is 0. The molecule has 0 radical (unpaired) electrons. The highest BCUT2D eigenvalue weighted by Gasteiger charge is 2.25. The molecule has 1 aromatic carbocycles. The second-order valence-electron chi connectivity index (χ2n) is 6.66. The molecule has 21 heavy (non-hydrogen) atoms. The van der Waals surface area contributed by atoms with Crippen LogP contribution in [0.1, 0.15) is 45.6 Å². The topological polar surface area (TPSA) is 15.3 Å². The molecule has 2 rings (SSSR count). The first-order valence-electron chi connectivity index (χ1n) is 8.34. The smallest absolute Gasteiger partial charge is 0.0642 e. The lowest BCUT2D eigenvalue weighted by atomic mass is 10.0. The fourth-order valence-electron chi connectivity index (χ4n) is 3.23. The van der Waals surface area contributed by atoms with Crippen molar-refractivity contribution >= 4 is 17.3 Å². The Bertz CT molecular complexity index is 445. The van der Waals surface area contributed by atoms with Crippen molar-refractivity contribution in [3.05, 3.63) is 28.8 Å². The highest BCUT2D eigenvalue weighted by atomic mass is 35.5. The van der Waals surface area contributed by atoms with Gasteiger partial charge in [0.25, 0.3) is 0 Å².